The lowest BCUT2D eigenvalue weighted by molar-refractivity contribution is 0.549. The molecule has 1 fully saturated rings. The summed E-state index contributed by atoms with van der Waals surface area (Å²) in [6.07, 6.45) is 1.26. The van der Waals surface area contributed by atoms with Crippen molar-refractivity contribution in [1.29, 1.82) is 0 Å². The van der Waals surface area contributed by atoms with Crippen LogP contribution in [0.25, 0.3) is 0 Å². The van der Waals surface area contributed by atoms with Gasteiger partial charge in [-0.05, 0) is 52.9 Å². The van der Waals surface area contributed by atoms with Crippen LogP contribution in [0.15, 0.2) is 22.7 Å². The first-order valence-corrected chi connectivity index (χ1v) is 6.08. The van der Waals surface area contributed by atoms with Gasteiger partial charge in [0, 0.05) is 12.1 Å². The van der Waals surface area contributed by atoms with Crippen molar-refractivity contribution in [2.75, 3.05) is 0 Å². The fourth-order valence-electron chi connectivity index (χ4n) is 1.75. The Kier molecular flexibility index (Phi) is 3.12. The van der Waals surface area contributed by atoms with Crippen molar-refractivity contribution in [1.82, 2.24) is 5.32 Å². The van der Waals surface area contributed by atoms with Crippen molar-refractivity contribution in [2.24, 2.45) is 5.92 Å². The molecular formula is C12H15BrFN. The molecule has 0 saturated heterocycles. The first-order chi connectivity index (χ1) is 7.08. The third-order valence-corrected chi connectivity index (χ3v) is 3.62. The average Bonchev–Trinajstić information content (AvgIpc) is 2.86. The largest absolute Gasteiger partial charge is 0.307 e. The van der Waals surface area contributed by atoms with Crippen LogP contribution < -0.4 is 5.32 Å². The van der Waals surface area contributed by atoms with E-state index < -0.39 is 0 Å². The van der Waals surface area contributed by atoms with Crippen LogP contribution in [0.4, 0.5) is 4.39 Å². The van der Waals surface area contributed by atoms with Gasteiger partial charge in [-0.3, -0.25) is 0 Å². The third kappa shape index (κ3) is 2.58. The second-order valence-corrected chi connectivity index (χ2v) is 5.24. The van der Waals surface area contributed by atoms with Crippen molar-refractivity contribution in [2.45, 2.75) is 32.4 Å². The molecule has 3 unspecified atom stereocenters. The van der Waals surface area contributed by atoms with E-state index in [2.05, 4.69) is 35.1 Å². The molecule has 2 rings (SSSR count). The Morgan fingerprint density at radius 1 is 1.53 bits per heavy atom. The second kappa shape index (κ2) is 4.22. The van der Waals surface area contributed by atoms with E-state index in [1.54, 1.807) is 0 Å². The first kappa shape index (κ1) is 11.1. The zero-order chi connectivity index (χ0) is 11.0. The Balaban J connectivity index is 2.04. The highest BCUT2D eigenvalue weighted by Crippen LogP contribution is 2.32. The normalized spacial score (nSPS) is 26.4. The lowest BCUT2D eigenvalue weighted by atomic mass is 10.1. The summed E-state index contributed by atoms with van der Waals surface area (Å²) in [7, 11) is 0. The van der Waals surface area contributed by atoms with Crippen LogP contribution in [0.5, 0.6) is 0 Å². The Hall–Kier alpha value is -0.410. The van der Waals surface area contributed by atoms with Gasteiger partial charge in [-0.15, -0.1) is 0 Å². The zero-order valence-electron chi connectivity index (χ0n) is 8.93. The molecule has 1 aromatic rings. The van der Waals surface area contributed by atoms with Crippen LogP contribution >= 0.6 is 15.9 Å². The fourth-order valence-corrected chi connectivity index (χ4v) is 2.15. The summed E-state index contributed by atoms with van der Waals surface area (Å²) in [5.74, 6) is 0.585. The van der Waals surface area contributed by atoms with Crippen LogP contribution in [-0.4, -0.2) is 6.04 Å². The van der Waals surface area contributed by atoms with E-state index in [1.807, 2.05) is 12.1 Å². The summed E-state index contributed by atoms with van der Waals surface area (Å²) >= 11 is 3.21. The third-order valence-electron chi connectivity index (χ3n) is 3.02. The van der Waals surface area contributed by atoms with E-state index >= 15 is 0 Å². The topological polar surface area (TPSA) is 12.0 Å². The van der Waals surface area contributed by atoms with Crippen molar-refractivity contribution >= 4 is 15.9 Å². The molecular weight excluding hydrogens is 257 g/mol. The minimum atomic E-state index is -0.203. The molecule has 0 bridgehead atoms. The van der Waals surface area contributed by atoms with E-state index in [0.29, 0.717) is 10.5 Å². The van der Waals surface area contributed by atoms with Crippen molar-refractivity contribution in [3.05, 3.63) is 34.1 Å². The minimum Gasteiger partial charge on any atom is -0.307 e. The molecule has 0 radical (unpaired) electrons. The summed E-state index contributed by atoms with van der Waals surface area (Å²) in [6.45, 7) is 4.36. The number of hydrogen-bond acceptors (Lipinski definition) is 1. The van der Waals surface area contributed by atoms with E-state index in [0.717, 1.165) is 11.5 Å². The molecule has 1 N–H and O–H groups in total. The smallest absolute Gasteiger partial charge is 0.137 e. The maximum absolute atomic E-state index is 13.0. The number of rotatable bonds is 3. The Morgan fingerprint density at radius 2 is 2.20 bits per heavy atom. The highest BCUT2D eigenvalue weighted by molar-refractivity contribution is 9.10. The van der Waals surface area contributed by atoms with Crippen LogP contribution in [0, 0.1) is 11.7 Å². The highest BCUT2D eigenvalue weighted by atomic mass is 79.9. The lowest BCUT2D eigenvalue weighted by Crippen LogP contribution is -2.22. The number of halogens is 2. The SMILES string of the molecule is CC(NC1CC1C)c1ccc(F)c(Br)c1. The zero-order valence-corrected chi connectivity index (χ0v) is 10.5. The van der Waals surface area contributed by atoms with Gasteiger partial charge in [0.15, 0.2) is 0 Å². The number of benzene rings is 1. The predicted octanol–water partition coefficient (Wildman–Crippen LogP) is 3.65. The molecule has 1 aliphatic rings. The summed E-state index contributed by atoms with van der Waals surface area (Å²) in [6, 6.07) is 6.12. The average molecular weight is 272 g/mol. The minimum absolute atomic E-state index is 0.203. The monoisotopic (exact) mass is 271 g/mol. The highest BCUT2D eigenvalue weighted by Gasteiger charge is 2.33. The molecule has 3 atom stereocenters. The van der Waals surface area contributed by atoms with Crippen LogP contribution in [0.3, 0.4) is 0 Å². The Bertz CT molecular complexity index is 367. The maximum atomic E-state index is 13.0. The number of hydrogen-bond donors (Lipinski definition) is 1. The molecule has 82 valence electrons. The molecule has 1 saturated carbocycles. The molecule has 1 aliphatic carbocycles. The van der Waals surface area contributed by atoms with Crippen LogP contribution in [0.1, 0.15) is 31.9 Å². The predicted molar refractivity (Wildman–Crippen MR) is 63.2 cm³/mol. The molecule has 0 aliphatic heterocycles. The Morgan fingerprint density at radius 3 is 2.73 bits per heavy atom. The summed E-state index contributed by atoms with van der Waals surface area (Å²) in [5.41, 5.74) is 1.13. The van der Waals surface area contributed by atoms with Gasteiger partial charge < -0.3 is 5.32 Å². The van der Waals surface area contributed by atoms with E-state index in [4.69, 9.17) is 0 Å². The van der Waals surface area contributed by atoms with Gasteiger partial charge in [0.2, 0.25) is 0 Å². The number of nitrogens with one attached hydrogen (secondary N) is 1. The molecule has 0 spiro atoms. The van der Waals surface area contributed by atoms with Gasteiger partial charge in [0.1, 0.15) is 5.82 Å². The maximum Gasteiger partial charge on any atom is 0.137 e. The van der Waals surface area contributed by atoms with E-state index in [-0.39, 0.29) is 11.9 Å². The molecule has 1 aromatic carbocycles. The van der Waals surface area contributed by atoms with Crippen molar-refractivity contribution < 1.29 is 4.39 Å². The molecule has 0 aromatic heterocycles. The second-order valence-electron chi connectivity index (χ2n) is 4.38. The first-order valence-electron chi connectivity index (χ1n) is 5.29. The van der Waals surface area contributed by atoms with Crippen LogP contribution in [0.2, 0.25) is 0 Å². The summed E-state index contributed by atoms with van der Waals surface area (Å²) in [4.78, 5) is 0. The van der Waals surface area contributed by atoms with Gasteiger partial charge in [-0.1, -0.05) is 13.0 Å². The van der Waals surface area contributed by atoms with Crippen molar-refractivity contribution in [3.63, 3.8) is 0 Å². The van der Waals surface area contributed by atoms with Gasteiger partial charge >= 0.3 is 0 Å². The van der Waals surface area contributed by atoms with Gasteiger partial charge in [0.25, 0.3) is 0 Å². The molecule has 0 amide bonds. The van der Waals surface area contributed by atoms with E-state index in [9.17, 15) is 4.39 Å². The lowest BCUT2D eigenvalue weighted by Gasteiger charge is -2.14. The molecule has 15 heavy (non-hydrogen) atoms. The molecule has 3 heteroatoms. The summed E-state index contributed by atoms with van der Waals surface area (Å²) < 4.78 is 13.6. The molecule has 0 heterocycles. The molecule has 1 nitrogen and oxygen atoms in total. The quantitative estimate of drug-likeness (QED) is 0.885. The Labute approximate surface area is 98.2 Å². The van der Waals surface area contributed by atoms with Gasteiger partial charge in [-0.2, -0.15) is 0 Å². The standard InChI is InChI=1S/C12H15BrFN/c1-7-5-12(7)15-8(2)9-3-4-11(14)10(13)6-9/h3-4,6-8,12,15H,5H2,1-2H3. The summed E-state index contributed by atoms with van der Waals surface area (Å²) in [5, 5.41) is 3.52. The fraction of sp³-hybridized carbons (Fsp3) is 0.500. The van der Waals surface area contributed by atoms with Crippen LogP contribution in [-0.2, 0) is 0 Å². The van der Waals surface area contributed by atoms with Gasteiger partial charge in [-0.25, -0.2) is 4.39 Å². The van der Waals surface area contributed by atoms with Crippen molar-refractivity contribution in [3.8, 4) is 0 Å². The van der Waals surface area contributed by atoms with E-state index in [1.165, 1.54) is 12.5 Å². The van der Waals surface area contributed by atoms with Gasteiger partial charge in [0.05, 0.1) is 4.47 Å².